The molecule has 0 spiro atoms. The van der Waals surface area contributed by atoms with Crippen LogP contribution in [-0.2, 0) is 0 Å². The lowest BCUT2D eigenvalue weighted by Gasteiger charge is -2.36. The maximum absolute atomic E-state index is 12.5. The largest absolute Gasteiger partial charge is 0.544 e. The molecule has 2 aromatic carbocycles. The Kier molecular flexibility index (Phi) is 5.38. The normalized spacial score (nSPS) is 12.8. The van der Waals surface area contributed by atoms with E-state index in [-0.39, 0.29) is 10.6 Å². The van der Waals surface area contributed by atoms with E-state index in [0.29, 0.717) is 0 Å². The zero-order chi connectivity index (χ0) is 19.8. The topological polar surface area (TPSA) is 26.3 Å². The molecule has 0 N–H and O–H groups in total. The molecule has 0 aliphatic heterocycles. The minimum Gasteiger partial charge on any atom is -0.544 e. The fourth-order valence-electron chi connectivity index (χ4n) is 2.14. The quantitative estimate of drug-likeness (QED) is 0.448. The van der Waals surface area contributed by atoms with Crippen LogP contribution in [0.5, 0.6) is 5.75 Å². The molecule has 0 aliphatic carbocycles. The lowest BCUT2D eigenvalue weighted by molar-refractivity contribution is -0.0885. The van der Waals surface area contributed by atoms with E-state index >= 15 is 0 Å². The molecule has 2 nitrogen and oxygen atoms in total. The van der Waals surface area contributed by atoms with Gasteiger partial charge in [-0.25, -0.2) is 0 Å². The molecule has 26 heavy (non-hydrogen) atoms. The summed E-state index contributed by atoms with van der Waals surface area (Å²) in [6.45, 7) is 10.8. The van der Waals surface area contributed by atoms with Crippen LogP contribution in [0.15, 0.2) is 48.5 Å². The molecule has 140 valence electrons. The Morgan fingerprint density at radius 3 is 1.65 bits per heavy atom. The Morgan fingerprint density at radius 2 is 1.27 bits per heavy atom. The van der Waals surface area contributed by atoms with Crippen molar-refractivity contribution in [3.63, 3.8) is 0 Å². The summed E-state index contributed by atoms with van der Waals surface area (Å²) >= 11 is 0. The molecular formula is C20H23F3O2Si. The fourth-order valence-corrected chi connectivity index (χ4v) is 3.17. The smallest absolute Gasteiger partial charge is 0.454 e. The molecule has 0 aromatic heterocycles. The van der Waals surface area contributed by atoms with Crippen molar-refractivity contribution in [3.8, 4) is 16.9 Å². The van der Waals surface area contributed by atoms with Gasteiger partial charge in [0, 0.05) is 5.56 Å². The number of carbonyl (C=O) groups excluding carboxylic acids is 1. The summed E-state index contributed by atoms with van der Waals surface area (Å²) in [5.74, 6) is -1.05. The van der Waals surface area contributed by atoms with Gasteiger partial charge in [0.05, 0.1) is 0 Å². The number of hydrogen-bond donors (Lipinski definition) is 0. The molecule has 0 radical (unpaired) electrons. The highest BCUT2D eigenvalue weighted by atomic mass is 28.4. The number of ketones is 1. The van der Waals surface area contributed by atoms with Gasteiger partial charge in [-0.05, 0) is 41.4 Å². The SMILES string of the molecule is CC(C)(C)[Si](C)(C)Oc1ccc(-c2ccc(C(=O)C(F)(F)F)cc2)cc1. The molecule has 0 atom stereocenters. The number of alkyl halides is 3. The van der Waals surface area contributed by atoms with Gasteiger partial charge in [-0.1, -0.05) is 57.2 Å². The van der Waals surface area contributed by atoms with Gasteiger partial charge in [-0.2, -0.15) is 13.2 Å². The average Bonchev–Trinajstić information content (AvgIpc) is 2.53. The first-order valence-corrected chi connectivity index (χ1v) is 11.2. The van der Waals surface area contributed by atoms with Gasteiger partial charge in [-0.15, -0.1) is 0 Å². The molecule has 0 saturated heterocycles. The molecule has 6 heteroatoms. The van der Waals surface area contributed by atoms with Gasteiger partial charge >= 0.3 is 6.18 Å². The van der Waals surface area contributed by atoms with E-state index in [1.807, 2.05) is 24.3 Å². The van der Waals surface area contributed by atoms with Crippen molar-refractivity contribution < 1.29 is 22.4 Å². The van der Waals surface area contributed by atoms with Crippen LogP contribution in [0.4, 0.5) is 13.2 Å². The van der Waals surface area contributed by atoms with Gasteiger partial charge in [0.1, 0.15) is 5.75 Å². The van der Waals surface area contributed by atoms with Crippen molar-refractivity contribution in [3.05, 3.63) is 54.1 Å². The second-order valence-corrected chi connectivity index (χ2v) is 12.5. The number of rotatable bonds is 4. The maximum atomic E-state index is 12.5. The van der Waals surface area contributed by atoms with E-state index < -0.39 is 20.3 Å². The molecule has 0 unspecified atom stereocenters. The first-order chi connectivity index (χ1) is 11.8. The number of hydrogen-bond acceptors (Lipinski definition) is 2. The Balaban J connectivity index is 2.17. The van der Waals surface area contributed by atoms with E-state index in [1.165, 1.54) is 24.3 Å². The van der Waals surface area contributed by atoms with Crippen LogP contribution in [0.3, 0.4) is 0 Å². The first kappa shape index (κ1) is 20.2. The minimum absolute atomic E-state index is 0.0898. The van der Waals surface area contributed by atoms with Crippen molar-refractivity contribution in [2.24, 2.45) is 0 Å². The second-order valence-electron chi connectivity index (χ2n) is 7.79. The fraction of sp³-hybridized carbons (Fsp3) is 0.350. The highest BCUT2D eigenvalue weighted by Gasteiger charge is 2.39. The molecule has 0 bridgehead atoms. The van der Waals surface area contributed by atoms with Crippen LogP contribution < -0.4 is 4.43 Å². The van der Waals surface area contributed by atoms with Gasteiger partial charge in [-0.3, -0.25) is 4.79 Å². The summed E-state index contributed by atoms with van der Waals surface area (Å²) in [7, 11) is -1.92. The Morgan fingerprint density at radius 1 is 0.846 bits per heavy atom. The van der Waals surface area contributed by atoms with Crippen molar-refractivity contribution >= 4 is 14.1 Å². The van der Waals surface area contributed by atoms with E-state index in [2.05, 4.69) is 33.9 Å². The number of carbonyl (C=O) groups is 1. The van der Waals surface area contributed by atoms with Crippen LogP contribution in [0.25, 0.3) is 11.1 Å². The molecular weight excluding hydrogens is 357 g/mol. The number of benzene rings is 2. The van der Waals surface area contributed by atoms with Gasteiger partial charge in [0.25, 0.3) is 5.78 Å². The minimum atomic E-state index is -4.86. The lowest BCUT2D eigenvalue weighted by Crippen LogP contribution is -2.43. The van der Waals surface area contributed by atoms with Gasteiger partial charge in [0.2, 0.25) is 8.32 Å². The van der Waals surface area contributed by atoms with Crippen LogP contribution in [-0.4, -0.2) is 20.3 Å². The zero-order valence-electron chi connectivity index (χ0n) is 15.6. The highest BCUT2D eigenvalue weighted by molar-refractivity contribution is 6.74. The van der Waals surface area contributed by atoms with Crippen molar-refractivity contribution in [1.82, 2.24) is 0 Å². The second kappa shape index (κ2) is 6.91. The molecule has 2 rings (SSSR count). The summed E-state index contributed by atoms with van der Waals surface area (Å²) in [6.07, 6.45) is -4.86. The van der Waals surface area contributed by atoms with Gasteiger partial charge < -0.3 is 4.43 Å². The summed E-state index contributed by atoms with van der Waals surface area (Å²) in [4.78, 5) is 11.2. The predicted octanol–water partition coefficient (Wildman–Crippen LogP) is 6.48. The summed E-state index contributed by atoms with van der Waals surface area (Å²) in [6, 6.07) is 12.9. The molecule has 2 aromatic rings. The maximum Gasteiger partial charge on any atom is 0.454 e. The third kappa shape index (κ3) is 4.55. The van der Waals surface area contributed by atoms with Crippen molar-refractivity contribution in [2.75, 3.05) is 0 Å². The third-order valence-electron chi connectivity index (χ3n) is 4.77. The summed E-state index contributed by atoms with van der Waals surface area (Å²) in [5.41, 5.74) is 1.22. The third-order valence-corrected chi connectivity index (χ3v) is 9.13. The van der Waals surface area contributed by atoms with E-state index in [4.69, 9.17) is 4.43 Å². The summed E-state index contributed by atoms with van der Waals surface area (Å²) < 4.78 is 43.6. The highest BCUT2D eigenvalue weighted by Crippen LogP contribution is 2.37. The van der Waals surface area contributed by atoms with Crippen LogP contribution in [0, 0.1) is 0 Å². The van der Waals surface area contributed by atoms with E-state index in [9.17, 15) is 18.0 Å². The van der Waals surface area contributed by atoms with Crippen molar-refractivity contribution in [2.45, 2.75) is 45.1 Å². The molecule has 0 saturated carbocycles. The predicted molar refractivity (Wildman–Crippen MR) is 100 cm³/mol. The Bertz CT molecular complexity index is 771. The van der Waals surface area contributed by atoms with E-state index in [1.54, 1.807) is 0 Å². The zero-order valence-corrected chi connectivity index (χ0v) is 16.6. The Labute approximate surface area is 153 Å². The van der Waals surface area contributed by atoms with Crippen LogP contribution in [0.1, 0.15) is 31.1 Å². The van der Waals surface area contributed by atoms with Crippen LogP contribution >= 0.6 is 0 Å². The van der Waals surface area contributed by atoms with Gasteiger partial charge in [0.15, 0.2) is 0 Å². The Hall–Kier alpha value is -2.08. The molecule has 0 amide bonds. The lowest BCUT2D eigenvalue weighted by atomic mass is 10.0. The number of halogens is 3. The first-order valence-electron chi connectivity index (χ1n) is 8.32. The molecule has 0 heterocycles. The van der Waals surface area contributed by atoms with E-state index in [0.717, 1.165) is 16.9 Å². The monoisotopic (exact) mass is 380 g/mol. The van der Waals surface area contributed by atoms with Crippen LogP contribution in [0.2, 0.25) is 18.1 Å². The van der Waals surface area contributed by atoms with Crippen molar-refractivity contribution in [1.29, 1.82) is 0 Å². The molecule has 0 fully saturated rings. The molecule has 0 aliphatic rings. The average molecular weight is 380 g/mol. The summed E-state index contributed by atoms with van der Waals surface area (Å²) in [5, 5.41) is 0.0898. The standard InChI is InChI=1S/C20H23F3O2Si/c1-19(2,3)26(4,5)25-17-12-10-15(11-13-17)14-6-8-16(9-7-14)18(24)20(21,22)23/h6-13H,1-5H3. The number of Topliss-reactive ketones (excluding diaryl/α,β-unsaturated/α-hetero) is 1.